The van der Waals surface area contributed by atoms with Crippen molar-refractivity contribution in [1.29, 1.82) is 0 Å². The molecule has 2 aromatic rings. The van der Waals surface area contributed by atoms with Crippen molar-refractivity contribution in [3.8, 4) is 17.2 Å². The third-order valence-electron chi connectivity index (χ3n) is 3.51. The number of hydrogen-bond acceptors (Lipinski definition) is 6. The molecule has 6 heteroatoms. The molecule has 0 saturated heterocycles. The maximum Gasteiger partial charge on any atom is 0.343 e. The first-order valence-corrected chi connectivity index (χ1v) is 7.34. The van der Waals surface area contributed by atoms with Crippen LogP contribution in [0.1, 0.15) is 43.1 Å². The van der Waals surface area contributed by atoms with Crippen LogP contribution in [0.4, 0.5) is 0 Å². The lowest BCUT2D eigenvalue weighted by molar-refractivity contribution is -0.117. The van der Waals surface area contributed by atoms with Gasteiger partial charge in [0.2, 0.25) is 0 Å². The Hall–Kier alpha value is -3.02. The summed E-state index contributed by atoms with van der Waals surface area (Å²) < 4.78 is 5.14. The third-order valence-corrected chi connectivity index (χ3v) is 3.51. The summed E-state index contributed by atoms with van der Waals surface area (Å²) in [5.41, 5.74) is -0.0527. The first-order valence-electron chi connectivity index (χ1n) is 7.34. The molecule has 1 atom stereocenters. The Morgan fingerprint density at radius 2 is 1.83 bits per heavy atom. The van der Waals surface area contributed by atoms with E-state index in [0.29, 0.717) is 5.56 Å². The smallest absolute Gasteiger partial charge is 0.343 e. The van der Waals surface area contributed by atoms with E-state index in [-0.39, 0.29) is 40.8 Å². The van der Waals surface area contributed by atoms with Crippen molar-refractivity contribution in [3.63, 3.8) is 0 Å². The van der Waals surface area contributed by atoms with Crippen molar-refractivity contribution in [3.05, 3.63) is 51.6 Å². The number of Topliss-reactive ketones (excluding diaryl/α,β-unsaturated/α-hetero) is 1. The van der Waals surface area contributed by atoms with Crippen LogP contribution < -0.4 is 5.63 Å². The summed E-state index contributed by atoms with van der Waals surface area (Å²) in [7, 11) is 0. The van der Waals surface area contributed by atoms with E-state index in [9.17, 15) is 24.9 Å². The second-order valence-corrected chi connectivity index (χ2v) is 5.62. The fraction of sp³-hybridized carbons (Fsp3) is 0.222. The normalized spacial score (nSPS) is 12.4. The highest BCUT2D eigenvalue weighted by Crippen LogP contribution is 2.28. The monoisotopic (exact) mass is 330 g/mol. The van der Waals surface area contributed by atoms with Crippen LogP contribution in [0.2, 0.25) is 0 Å². The molecule has 1 aromatic heterocycles. The van der Waals surface area contributed by atoms with Gasteiger partial charge in [-0.05, 0) is 36.6 Å². The molecule has 0 amide bonds. The molecule has 0 spiro atoms. The number of phenolic OH excluding ortho intramolecular Hbond substituents is 2. The minimum atomic E-state index is -0.697. The molecule has 6 nitrogen and oxygen atoms in total. The molecule has 0 saturated carbocycles. The number of phenols is 2. The molecule has 0 fully saturated rings. The molecule has 0 aliphatic heterocycles. The van der Waals surface area contributed by atoms with Crippen molar-refractivity contribution < 1.29 is 24.5 Å². The maximum absolute atomic E-state index is 12.0. The van der Waals surface area contributed by atoms with E-state index in [1.807, 2.05) is 0 Å². The van der Waals surface area contributed by atoms with Crippen molar-refractivity contribution in [2.24, 2.45) is 0 Å². The van der Waals surface area contributed by atoms with Gasteiger partial charge in [0.1, 0.15) is 17.3 Å². The Balaban J connectivity index is 2.29. The van der Waals surface area contributed by atoms with E-state index in [1.54, 1.807) is 19.1 Å². The van der Waals surface area contributed by atoms with Crippen LogP contribution in [0.25, 0.3) is 12.2 Å². The third kappa shape index (κ3) is 4.04. The second-order valence-electron chi connectivity index (χ2n) is 5.62. The van der Waals surface area contributed by atoms with Crippen LogP contribution >= 0.6 is 0 Å². The van der Waals surface area contributed by atoms with Crippen molar-refractivity contribution in [2.75, 3.05) is 0 Å². The van der Waals surface area contributed by atoms with Gasteiger partial charge in [-0.15, -0.1) is 0 Å². The average molecular weight is 330 g/mol. The molecule has 1 unspecified atom stereocenters. The second kappa shape index (κ2) is 7.04. The zero-order chi connectivity index (χ0) is 17.9. The number of carbonyl (C=O) groups is 1. The summed E-state index contributed by atoms with van der Waals surface area (Å²) in [6.07, 6.45) is 3.14. The lowest BCUT2D eigenvalue weighted by atomic mass is 9.97. The summed E-state index contributed by atoms with van der Waals surface area (Å²) in [5.74, 6) is -1.13. The largest absolute Gasteiger partial charge is 0.507 e. The fourth-order valence-corrected chi connectivity index (χ4v) is 2.40. The lowest BCUT2D eigenvalue weighted by Gasteiger charge is -2.10. The molecular formula is C18H18O6. The molecule has 0 aliphatic rings. The highest BCUT2D eigenvalue weighted by Gasteiger charge is 2.18. The summed E-state index contributed by atoms with van der Waals surface area (Å²) >= 11 is 0. The Morgan fingerprint density at radius 3 is 2.42 bits per heavy atom. The van der Waals surface area contributed by atoms with Crippen LogP contribution in [0, 0.1) is 0 Å². The number of benzene rings is 1. The van der Waals surface area contributed by atoms with Crippen LogP contribution in [0.5, 0.6) is 17.2 Å². The van der Waals surface area contributed by atoms with Gasteiger partial charge in [-0.3, -0.25) is 0 Å². The zero-order valence-corrected chi connectivity index (χ0v) is 13.3. The van der Waals surface area contributed by atoms with Gasteiger partial charge in [-0.1, -0.05) is 19.1 Å². The Labute approximate surface area is 138 Å². The first kappa shape index (κ1) is 17.3. The lowest BCUT2D eigenvalue weighted by Crippen LogP contribution is -2.13. The Bertz CT molecular complexity index is 847. The number of aromatic hydroxyl groups is 3. The topological polar surface area (TPSA) is 108 Å². The number of ketones is 1. The van der Waals surface area contributed by atoms with Gasteiger partial charge in [-0.2, -0.15) is 0 Å². The van der Waals surface area contributed by atoms with E-state index >= 15 is 0 Å². The molecule has 0 bridgehead atoms. The van der Waals surface area contributed by atoms with Gasteiger partial charge in [0.15, 0.2) is 11.5 Å². The van der Waals surface area contributed by atoms with Crippen LogP contribution in [-0.4, -0.2) is 21.1 Å². The Kier molecular flexibility index (Phi) is 5.08. The fourth-order valence-electron chi connectivity index (χ4n) is 2.40. The van der Waals surface area contributed by atoms with Crippen molar-refractivity contribution >= 4 is 17.9 Å². The van der Waals surface area contributed by atoms with E-state index in [0.717, 1.165) is 0 Å². The summed E-state index contributed by atoms with van der Waals surface area (Å²) in [6, 6.07) is 5.53. The minimum Gasteiger partial charge on any atom is -0.507 e. The molecule has 0 aliphatic carbocycles. The number of carbonyl (C=O) groups excluding carboxylic acids is 1. The minimum absolute atomic E-state index is 0.0737. The molecule has 126 valence electrons. The van der Waals surface area contributed by atoms with Gasteiger partial charge < -0.3 is 24.5 Å². The molecule has 24 heavy (non-hydrogen) atoms. The quantitative estimate of drug-likeness (QED) is 0.727. The first-order chi connectivity index (χ1) is 11.3. The van der Waals surface area contributed by atoms with Gasteiger partial charge in [0.25, 0.3) is 0 Å². The molecule has 1 heterocycles. The van der Waals surface area contributed by atoms with Crippen LogP contribution in [0.3, 0.4) is 0 Å². The van der Waals surface area contributed by atoms with Gasteiger partial charge >= 0.3 is 5.63 Å². The summed E-state index contributed by atoms with van der Waals surface area (Å²) in [5, 5.41) is 28.7. The van der Waals surface area contributed by atoms with Crippen LogP contribution in [-0.2, 0) is 4.79 Å². The number of rotatable bonds is 5. The molecule has 0 radical (unpaired) electrons. The van der Waals surface area contributed by atoms with Gasteiger partial charge in [0.05, 0.1) is 5.56 Å². The Morgan fingerprint density at radius 1 is 1.12 bits per heavy atom. The predicted molar refractivity (Wildman–Crippen MR) is 89.1 cm³/mol. The van der Waals surface area contributed by atoms with Crippen LogP contribution in [0.15, 0.2) is 33.5 Å². The highest BCUT2D eigenvalue weighted by atomic mass is 16.4. The van der Waals surface area contributed by atoms with Gasteiger partial charge in [-0.25, -0.2) is 4.79 Å². The molecule has 3 N–H and O–H groups in total. The molecule has 1 aromatic carbocycles. The molecular weight excluding hydrogens is 312 g/mol. The zero-order valence-electron chi connectivity index (χ0n) is 13.3. The average Bonchev–Trinajstić information content (AvgIpc) is 2.47. The van der Waals surface area contributed by atoms with Gasteiger partial charge in [0, 0.05) is 12.5 Å². The number of hydrogen-bond donors (Lipinski definition) is 3. The SMILES string of the molecule is CC(=O)CC(C)c1c(O)cc(/C=C/c2ccc(O)c(O)c2)oc1=O. The van der Waals surface area contributed by atoms with E-state index in [1.165, 1.54) is 31.2 Å². The highest BCUT2D eigenvalue weighted by molar-refractivity contribution is 5.76. The predicted octanol–water partition coefficient (Wildman–Crippen LogP) is 3.01. The van der Waals surface area contributed by atoms with E-state index in [4.69, 9.17) is 4.42 Å². The standard InChI is InChI=1S/C18H18O6/c1-10(7-11(2)19)17-16(22)9-13(24-18(17)23)5-3-12-4-6-14(20)15(21)8-12/h3-6,8-10,20-22H,7H2,1-2H3/b5-3+. The van der Waals surface area contributed by atoms with Crippen molar-refractivity contribution in [2.45, 2.75) is 26.2 Å². The van der Waals surface area contributed by atoms with Crippen molar-refractivity contribution in [1.82, 2.24) is 0 Å². The van der Waals surface area contributed by atoms with E-state index < -0.39 is 11.5 Å². The summed E-state index contributed by atoms with van der Waals surface area (Å²) in [6.45, 7) is 3.08. The van der Waals surface area contributed by atoms with E-state index in [2.05, 4.69) is 0 Å². The molecule has 2 rings (SSSR count). The summed E-state index contributed by atoms with van der Waals surface area (Å²) in [4.78, 5) is 23.2. The maximum atomic E-state index is 12.0.